The fourth-order valence-electron chi connectivity index (χ4n) is 1.50. The van der Waals surface area contributed by atoms with Crippen molar-refractivity contribution in [2.45, 2.75) is 17.0 Å². The highest BCUT2D eigenvalue weighted by molar-refractivity contribution is 6.53. The summed E-state index contributed by atoms with van der Waals surface area (Å²) >= 11 is 10.7. The number of halogens is 2. The van der Waals surface area contributed by atoms with Gasteiger partial charge in [-0.05, 0) is 17.7 Å². The molecule has 0 aliphatic carbocycles. The van der Waals surface area contributed by atoms with Gasteiger partial charge in [0, 0.05) is 12.1 Å². The van der Waals surface area contributed by atoms with Crippen molar-refractivity contribution in [3.63, 3.8) is 0 Å². The van der Waals surface area contributed by atoms with Crippen molar-refractivity contribution in [2.75, 3.05) is 6.61 Å². The van der Waals surface area contributed by atoms with Gasteiger partial charge in [-0.15, -0.1) is 0 Å². The number of alkyl halides is 2. The van der Waals surface area contributed by atoms with Gasteiger partial charge < -0.3 is 15.5 Å². The maximum atomic E-state index is 11.3. The number of benzene rings is 1. The van der Waals surface area contributed by atoms with Crippen molar-refractivity contribution in [3.05, 3.63) is 39.9 Å². The maximum absolute atomic E-state index is 11.3. The highest BCUT2D eigenvalue weighted by Crippen LogP contribution is 2.20. The number of carbonyl (C=O) groups excluding carboxylic acids is 1. The molecule has 0 unspecified atom stereocenters. The van der Waals surface area contributed by atoms with Crippen molar-refractivity contribution >= 4 is 34.8 Å². The molecule has 110 valence electrons. The lowest BCUT2D eigenvalue weighted by Gasteiger charge is -2.22. The highest BCUT2D eigenvalue weighted by atomic mass is 37.0. The predicted octanol–water partition coefficient (Wildman–Crippen LogP) is 0.909. The molecular formula is C11H12Cl2N2O5. The number of aliphatic hydroxyl groups excluding tert-OH is 2. The number of nitro benzene ring substituents is 1. The SMILES string of the molecule is O=C(N[C@H](CO)[C@H](O)c1ccc([N+](=O)[O-])cc1)C([37Cl])[37Cl]. The van der Waals surface area contributed by atoms with E-state index in [-0.39, 0.29) is 5.69 Å². The third-order valence-corrected chi connectivity index (χ3v) is 2.95. The Bertz CT molecular complexity index is 480. The number of hydrogen-bond donors (Lipinski definition) is 3. The molecule has 0 aliphatic rings. The van der Waals surface area contributed by atoms with Crippen LogP contribution in [-0.4, -0.2) is 38.5 Å². The lowest BCUT2D eigenvalue weighted by atomic mass is 10.0. The van der Waals surface area contributed by atoms with E-state index in [0.29, 0.717) is 5.56 Å². The fourth-order valence-corrected chi connectivity index (χ4v) is 1.62. The topological polar surface area (TPSA) is 113 Å². The zero-order chi connectivity index (χ0) is 15.3. The maximum Gasteiger partial charge on any atom is 0.269 e. The van der Waals surface area contributed by atoms with Crippen molar-refractivity contribution in [3.8, 4) is 0 Å². The first kappa shape index (κ1) is 16.6. The molecule has 0 radical (unpaired) electrons. The van der Waals surface area contributed by atoms with Crippen LogP contribution in [0.4, 0.5) is 5.69 Å². The predicted molar refractivity (Wildman–Crippen MR) is 72.6 cm³/mol. The monoisotopic (exact) mass is 326 g/mol. The van der Waals surface area contributed by atoms with Crippen LogP contribution in [-0.2, 0) is 4.79 Å². The van der Waals surface area contributed by atoms with Gasteiger partial charge in [-0.3, -0.25) is 14.9 Å². The van der Waals surface area contributed by atoms with Crippen LogP contribution in [0.2, 0.25) is 0 Å². The van der Waals surface area contributed by atoms with Crippen LogP contribution in [0.1, 0.15) is 11.7 Å². The second-order valence-corrected chi connectivity index (χ2v) is 4.99. The van der Waals surface area contributed by atoms with E-state index in [1.54, 1.807) is 0 Å². The molecule has 0 saturated carbocycles. The van der Waals surface area contributed by atoms with Gasteiger partial charge in [-0.2, -0.15) is 0 Å². The van der Waals surface area contributed by atoms with E-state index in [9.17, 15) is 20.0 Å². The highest BCUT2D eigenvalue weighted by Gasteiger charge is 2.24. The minimum Gasteiger partial charge on any atom is -0.394 e. The Morgan fingerprint density at radius 3 is 2.30 bits per heavy atom. The number of nitrogens with zero attached hydrogens (tertiary/aromatic N) is 1. The first-order valence-corrected chi connectivity index (χ1v) is 6.36. The van der Waals surface area contributed by atoms with Crippen LogP contribution >= 0.6 is 23.2 Å². The molecule has 1 rings (SSSR count). The van der Waals surface area contributed by atoms with Gasteiger partial charge in [0.1, 0.15) is 6.10 Å². The molecule has 20 heavy (non-hydrogen) atoms. The van der Waals surface area contributed by atoms with Crippen LogP contribution in [0.15, 0.2) is 24.3 Å². The number of nitrogens with one attached hydrogen (secondary N) is 1. The Labute approximate surface area is 124 Å². The van der Waals surface area contributed by atoms with Gasteiger partial charge >= 0.3 is 0 Å². The summed E-state index contributed by atoms with van der Waals surface area (Å²) < 4.78 is 0. The molecule has 9 heteroatoms. The Kier molecular flexibility index (Phi) is 6.15. The minimum absolute atomic E-state index is 0.132. The second kappa shape index (κ2) is 7.39. The molecule has 0 aromatic heterocycles. The summed E-state index contributed by atoms with van der Waals surface area (Å²) in [5.41, 5.74) is 0.169. The average Bonchev–Trinajstić information content (AvgIpc) is 2.43. The van der Waals surface area contributed by atoms with Gasteiger partial charge in [-0.1, -0.05) is 23.2 Å². The molecular weight excluding hydrogens is 314 g/mol. The van der Waals surface area contributed by atoms with E-state index < -0.39 is 34.4 Å². The Hall–Kier alpha value is -1.41. The number of non-ortho nitro benzene ring substituents is 1. The largest absolute Gasteiger partial charge is 0.394 e. The summed E-state index contributed by atoms with van der Waals surface area (Å²) in [6, 6.07) is 4.05. The Morgan fingerprint density at radius 1 is 1.35 bits per heavy atom. The molecule has 1 aromatic carbocycles. The number of hydrogen-bond acceptors (Lipinski definition) is 5. The quantitative estimate of drug-likeness (QED) is 0.408. The van der Waals surface area contributed by atoms with Crippen LogP contribution in [0.5, 0.6) is 0 Å². The van der Waals surface area contributed by atoms with Crippen LogP contribution in [0, 0.1) is 10.1 Å². The summed E-state index contributed by atoms with van der Waals surface area (Å²) in [6.07, 6.45) is -1.25. The number of amides is 1. The van der Waals surface area contributed by atoms with Crippen molar-refractivity contribution < 1.29 is 19.9 Å². The molecule has 2 atom stereocenters. The van der Waals surface area contributed by atoms with Crippen molar-refractivity contribution in [1.82, 2.24) is 5.32 Å². The van der Waals surface area contributed by atoms with E-state index in [4.69, 9.17) is 28.3 Å². The smallest absolute Gasteiger partial charge is 0.269 e. The molecule has 3 N–H and O–H groups in total. The van der Waals surface area contributed by atoms with Crippen molar-refractivity contribution in [1.29, 1.82) is 0 Å². The molecule has 0 fully saturated rings. The standard InChI is InChI=1S/C11H12Cl2N2O5/c12-10(13)11(18)14-8(5-16)9(17)6-1-3-7(4-2-6)15(19)20/h1-4,8-10,16-17H,5H2,(H,14,18)/t8-,9-/m1/s1/i12+2,13+2. The van der Waals surface area contributed by atoms with Gasteiger partial charge in [0.15, 0.2) is 4.84 Å². The molecule has 0 heterocycles. The van der Waals surface area contributed by atoms with E-state index in [1.165, 1.54) is 24.3 Å². The van der Waals surface area contributed by atoms with Crippen LogP contribution in [0.25, 0.3) is 0 Å². The normalized spacial score (nSPS) is 13.8. The number of rotatable bonds is 6. The zero-order valence-electron chi connectivity index (χ0n) is 10.1. The van der Waals surface area contributed by atoms with Crippen molar-refractivity contribution in [2.24, 2.45) is 0 Å². The first-order chi connectivity index (χ1) is 9.36. The molecule has 7 nitrogen and oxygen atoms in total. The Morgan fingerprint density at radius 2 is 1.90 bits per heavy atom. The zero-order valence-corrected chi connectivity index (χ0v) is 11.6. The van der Waals surface area contributed by atoms with E-state index >= 15 is 0 Å². The number of aliphatic hydroxyl groups is 2. The first-order valence-electron chi connectivity index (χ1n) is 5.48. The Balaban J connectivity index is 2.82. The van der Waals surface area contributed by atoms with Crippen LogP contribution < -0.4 is 5.32 Å². The second-order valence-electron chi connectivity index (χ2n) is 3.89. The summed E-state index contributed by atoms with van der Waals surface area (Å²) in [6.45, 7) is -0.551. The molecule has 0 aliphatic heterocycles. The third-order valence-electron chi connectivity index (χ3n) is 2.55. The molecule has 0 bridgehead atoms. The summed E-state index contributed by atoms with van der Waals surface area (Å²) in [4.78, 5) is 19.9. The van der Waals surface area contributed by atoms with Gasteiger partial charge in [0.05, 0.1) is 17.6 Å². The number of carbonyl (C=O) groups is 1. The van der Waals surface area contributed by atoms with Gasteiger partial charge in [0.25, 0.3) is 11.6 Å². The van der Waals surface area contributed by atoms with Gasteiger partial charge in [0.2, 0.25) is 0 Å². The molecule has 1 aromatic rings. The van der Waals surface area contributed by atoms with Gasteiger partial charge in [-0.25, -0.2) is 0 Å². The summed E-state index contributed by atoms with van der Waals surface area (Å²) in [7, 11) is 0. The molecule has 0 spiro atoms. The van der Waals surface area contributed by atoms with E-state index in [0.717, 1.165) is 0 Å². The van der Waals surface area contributed by atoms with E-state index in [1.807, 2.05) is 0 Å². The third kappa shape index (κ3) is 4.31. The minimum atomic E-state index is -1.33. The lowest BCUT2D eigenvalue weighted by molar-refractivity contribution is -0.384. The fraction of sp³-hybridized carbons (Fsp3) is 0.364. The van der Waals surface area contributed by atoms with E-state index in [2.05, 4.69) is 5.32 Å². The lowest BCUT2D eigenvalue weighted by Crippen LogP contribution is -2.44. The summed E-state index contributed by atoms with van der Waals surface area (Å²) in [5, 5.41) is 31.9. The average molecular weight is 326 g/mol. The molecule has 1 amide bonds. The molecule has 0 saturated heterocycles. The van der Waals surface area contributed by atoms with Crippen LogP contribution in [0.3, 0.4) is 0 Å². The summed E-state index contributed by atoms with van der Waals surface area (Å²) in [5.74, 6) is -0.756. The number of nitro groups is 1.